The minimum Gasteiger partial charge on any atom is -0.480 e. The number of carbonyl (C=O) groups is 2. The summed E-state index contributed by atoms with van der Waals surface area (Å²) >= 11 is 1.29. The van der Waals surface area contributed by atoms with Crippen molar-refractivity contribution in [1.82, 2.24) is 9.88 Å². The third kappa shape index (κ3) is 3.11. The van der Waals surface area contributed by atoms with E-state index in [1.54, 1.807) is 6.92 Å². The number of aliphatic carboxylic acids is 1. The van der Waals surface area contributed by atoms with Crippen LogP contribution in [0.2, 0.25) is 0 Å². The molecule has 2 heterocycles. The first-order valence-corrected chi connectivity index (χ1v) is 8.04. The zero-order valence-electron chi connectivity index (χ0n) is 12.6. The van der Waals surface area contributed by atoms with Crippen molar-refractivity contribution in [3.63, 3.8) is 0 Å². The molecule has 1 fully saturated rings. The van der Waals surface area contributed by atoms with Crippen molar-refractivity contribution in [3.05, 3.63) is 40.9 Å². The van der Waals surface area contributed by atoms with Gasteiger partial charge in [0.25, 0.3) is 5.91 Å². The normalized spacial score (nSPS) is 18.0. The first kappa shape index (κ1) is 15.6. The third-order valence-corrected chi connectivity index (χ3v) is 4.88. The highest BCUT2D eigenvalue weighted by Crippen LogP contribution is 2.29. The van der Waals surface area contributed by atoms with Gasteiger partial charge in [0.15, 0.2) is 6.04 Å². The van der Waals surface area contributed by atoms with Gasteiger partial charge in [0.05, 0.1) is 18.9 Å². The number of ether oxygens (including phenoxy) is 1. The van der Waals surface area contributed by atoms with Crippen LogP contribution in [0.5, 0.6) is 0 Å². The van der Waals surface area contributed by atoms with E-state index < -0.39 is 12.0 Å². The number of amides is 1. The molecule has 1 N–H and O–H groups in total. The summed E-state index contributed by atoms with van der Waals surface area (Å²) in [6.45, 7) is 2.41. The molecule has 0 aliphatic carbocycles. The van der Waals surface area contributed by atoms with Crippen LogP contribution in [0.1, 0.15) is 15.4 Å². The second kappa shape index (κ2) is 6.47. The number of aryl methyl sites for hydroxylation is 1. The maximum absolute atomic E-state index is 12.8. The monoisotopic (exact) mass is 332 g/mol. The van der Waals surface area contributed by atoms with Crippen LogP contribution < -0.4 is 0 Å². The number of rotatable bonds is 3. The highest BCUT2D eigenvalue weighted by molar-refractivity contribution is 7.17. The molecule has 1 aromatic carbocycles. The van der Waals surface area contributed by atoms with Crippen LogP contribution in [-0.2, 0) is 9.53 Å². The number of hydrogen-bond acceptors (Lipinski definition) is 5. The molecule has 6 nitrogen and oxygen atoms in total. The lowest BCUT2D eigenvalue weighted by Gasteiger charge is -2.32. The summed E-state index contributed by atoms with van der Waals surface area (Å²) in [6.07, 6.45) is 0. The summed E-state index contributed by atoms with van der Waals surface area (Å²) < 4.78 is 5.18. The Morgan fingerprint density at radius 3 is 2.78 bits per heavy atom. The molecule has 1 aromatic heterocycles. The Morgan fingerprint density at radius 2 is 2.09 bits per heavy atom. The number of thiazole rings is 1. The fraction of sp³-hybridized carbons (Fsp3) is 0.312. The summed E-state index contributed by atoms with van der Waals surface area (Å²) in [5, 5.41) is 10.0. The zero-order chi connectivity index (χ0) is 16.4. The van der Waals surface area contributed by atoms with Crippen molar-refractivity contribution in [2.24, 2.45) is 0 Å². The lowest BCUT2D eigenvalue weighted by Crippen LogP contribution is -2.52. The van der Waals surface area contributed by atoms with Crippen LogP contribution in [0.3, 0.4) is 0 Å². The zero-order valence-corrected chi connectivity index (χ0v) is 13.4. The summed E-state index contributed by atoms with van der Waals surface area (Å²) in [5.74, 6) is -1.35. The van der Waals surface area contributed by atoms with E-state index >= 15 is 0 Å². The smallest absolute Gasteiger partial charge is 0.328 e. The highest BCUT2D eigenvalue weighted by atomic mass is 32.1. The van der Waals surface area contributed by atoms with Crippen LogP contribution in [0, 0.1) is 6.92 Å². The Bertz CT molecular complexity index is 729. The van der Waals surface area contributed by atoms with E-state index in [-0.39, 0.29) is 19.1 Å². The maximum Gasteiger partial charge on any atom is 0.328 e. The number of aromatic nitrogens is 1. The molecule has 7 heteroatoms. The number of morpholine rings is 1. The van der Waals surface area contributed by atoms with E-state index in [4.69, 9.17) is 4.74 Å². The molecule has 0 bridgehead atoms. The van der Waals surface area contributed by atoms with Crippen LogP contribution in [0.25, 0.3) is 10.6 Å². The van der Waals surface area contributed by atoms with Gasteiger partial charge in [-0.1, -0.05) is 30.3 Å². The Hall–Kier alpha value is -2.25. The van der Waals surface area contributed by atoms with Gasteiger partial charge in [-0.2, -0.15) is 0 Å². The first-order valence-electron chi connectivity index (χ1n) is 7.22. The van der Waals surface area contributed by atoms with E-state index in [0.717, 1.165) is 10.6 Å². The fourth-order valence-electron chi connectivity index (χ4n) is 2.48. The van der Waals surface area contributed by atoms with E-state index in [1.165, 1.54) is 16.2 Å². The molecule has 2 aromatic rings. The quantitative estimate of drug-likeness (QED) is 0.930. The number of hydrogen-bond donors (Lipinski definition) is 1. The van der Waals surface area contributed by atoms with E-state index in [0.29, 0.717) is 17.2 Å². The van der Waals surface area contributed by atoms with E-state index in [1.807, 2.05) is 30.3 Å². The van der Waals surface area contributed by atoms with Crippen LogP contribution >= 0.6 is 11.3 Å². The van der Waals surface area contributed by atoms with Gasteiger partial charge in [0, 0.05) is 12.1 Å². The van der Waals surface area contributed by atoms with Gasteiger partial charge in [0.1, 0.15) is 9.88 Å². The molecule has 1 amide bonds. The molecule has 0 spiro atoms. The second-order valence-corrected chi connectivity index (χ2v) is 6.23. The average molecular weight is 332 g/mol. The maximum atomic E-state index is 12.8. The number of benzene rings is 1. The standard InChI is InChI=1S/C16H16N2O4S/c1-10-13(23-14(17-10)11-5-3-2-4-6-11)15(19)18-7-8-22-9-12(18)16(20)21/h2-6,12H,7-9H2,1H3,(H,20,21)/t12-/m1/s1. The van der Waals surface area contributed by atoms with Crippen molar-refractivity contribution in [3.8, 4) is 10.6 Å². The van der Waals surface area contributed by atoms with Crippen LogP contribution in [-0.4, -0.2) is 52.7 Å². The van der Waals surface area contributed by atoms with Crippen LogP contribution in [0.4, 0.5) is 0 Å². The Labute approximate surface area is 137 Å². The van der Waals surface area contributed by atoms with Crippen molar-refractivity contribution in [2.45, 2.75) is 13.0 Å². The highest BCUT2D eigenvalue weighted by Gasteiger charge is 2.34. The summed E-state index contributed by atoms with van der Waals surface area (Å²) in [5.41, 5.74) is 1.56. The Morgan fingerprint density at radius 1 is 1.35 bits per heavy atom. The topological polar surface area (TPSA) is 79.7 Å². The van der Waals surface area contributed by atoms with Gasteiger partial charge < -0.3 is 14.7 Å². The molecule has 0 unspecified atom stereocenters. The largest absolute Gasteiger partial charge is 0.480 e. The molecule has 1 aliphatic rings. The predicted octanol–water partition coefficient (Wildman–Crippen LogP) is 2.04. The second-order valence-electron chi connectivity index (χ2n) is 5.23. The minimum absolute atomic E-state index is 0.0183. The lowest BCUT2D eigenvalue weighted by atomic mass is 10.2. The summed E-state index contributed by atoms with van der Waals surface area (Å²) in [7, 11) is 0. The van der Waals surface area contributed by atoms with Gasteiger partial charge in [-0.15, -0.1) is 11.3 Å². The molecule has 1 saturated heterocycles. The molecule has 1 atom stereocenters. The SMILES string of the molecule is Cc1nc(-c2ccccc2)sc1C(=O)N1CCOC[C@@H]1C(=O)O. The Balaban J connectivity index is 1.90. The number of nitrogens with zero attached hydrogens (tertiary/aromatic N) is 2. The first-order chi connectivity index (χ1) is 11.1. The molecule has 23 heavy (non-hydrogen) atoms. The summed E-state index contributed by atoms with van der Waals surface area (Å²) in [4.78, 5) is 30.4. The minimum atomic E-state index is -1.05. The molecule has 1 aliphatic heterocycles. The van der Waals surface area contributed by atoms with Crippen molar-refractivity contribution >= 4 is 23.2 Å². The molecule has 0 radical (unpaired) electrons. The summed E-state index contributed by atoms with van der Waals surface area (Å²) in [6, 6.07) is 8.66. The van der Waals surface area contributed by atoms with E-state index in [9.17, 15) is 14.7 Å². The third-order valence-electron chi connectivity index (χ3n) is 3.69. The van der Waals surface area contributed by atoms with Crippen molar-refractivity contribution in [1.29, 1.82) is 0 Å². The van der Waals surface area contributed by atoms with Crippen molar-refractivity contribution in [2.75, 3.05) is 19.8 Å². The van der Waals surface area contributed by atoms with E-state index in [2.05, 4.69) is 4.98 Å². The molecular formula is C16H16N2O4S. The number of carbonyl (C=O) groups excluding carboxylic acids is 1. The molecular weight excluding hydrogens is 316 g/mol. The predicted molar refractivity (Wildman–Crippen MR) is 85.6 cm³/mol. The molecule has 120 valence electrons. The molecule has 3 rings (SSSR count). The van der Waals surface area contributed by atoms with Crippen LogP contribution in [0.15, 0.2) is 30.3 Å². The molecule has 0 saturated carbocycles. The number of carboxylic acids is 1. The number of carboxylic acid groups (broad SMARTS) is 1. The van der Waals surface area contributed by atoms with Gasteiger partial charge in [-0.05, 0) is 6.92 Å². The Kier molecular flexibility index (Phi) is 4.40. The van der Waals surface area contributed by atoms with Gasteiger partial charge >= 0.3 is 5.97 Å². The van der Waals surface area contributed by atoms with Crippen molar-refractivity contribution < 1.29 is 19.4 Å². The van der Waals surface area contributed by atoms with Gasteiger partial charge in [-0.3, -0.25) is 4.79 Å². The van der Waals surface area contributed by atoms with Gasteiger partial charge in [0.2, 0.25) is 0 Å². The average Bonchev–Trinajstić information content (AvgIpc) is 2.97. The lowest BCUT2D eigenvalue weighted by molar-refractivity contribution is -0.147. The van der Waals surface area contributed by atoms with Gasteiger partial charge in [-0.25, -0.2) is 9.78 Å². The fourth-order valence-corrected chi connectivity index (χ4v) is 3.51.